The van der Waals surface area contributed by atoms with Crippen molar-refractivity contribution in [3.05, 3.63) is 57.0 Å². The maximum Gasteiger partial charge on any atom is 0.146 e. The van der Waals surface area contributed by atoms with Crippen molar-refractivity contribution in [3.63, 3.8) is 0 Å². The molecule has 0 bridgehead atoms. The fourth-order valence-electron chi connectivity index (χ4n) is 1.71. The molecule has 2 aromatic carbocycles. The highest BCUT2D eigenvalue weighted by atomic mass is 79.9. The van der Waals surface area contributed by atoms with E-state index in [2.05, 4.69) is 15.9 Å². The first kappa shape index (κ1) is 14.9. The summed E-state index contributed by atoms with van der Waals surface area (Å²) in [6, 6.07) is 12.2. The van der Waals surface area contributed by atoms with Crippen LogP contribution in [0.15, 0.2) is 40.9 Å². The molecule has 0 fully saturated rings. The summed E-state index contributed by atoms with van der Waals surface area (Å²) >= 11 is 9.42. The van der Waals surface area contributed by atoms with Gasteiger partial charge >= 0.3 is 0 Å². The fraction of sp³-hybridized carbons (Fsp3) is 0.133. The molecule has 1 atom stereocenters. The minimum Gasteiger partial charge on any atom is -0.455 e. The highest BCUT2D eigenvalue weighted by molar-refractivity contribution is 9.10. The van der Waals surface area contributed by atoms with Gasteiger partial charge in [-0.25, -0.2) is 0 Å². The van der Waals surface area contributed by atoms with E-state index >= 15 is 0 Å². The van der Waals surface area contributed by atoms with Crippen molar-refractivity contribution in [2.75, 3.05) is 0 Å². The summed E-state index contributed by atoms with van der Waals surface area (Å²) in [6.45, 7) is 1.64. The molecule has 0 heterocycles. The van der Waals surface area contributed by atoms with Crippen molar-refractivity contribution >= 4 is 27.5 Å². The molecule has 0 aliphatic carbocycles. The number of nitriles is 1. The molecule has 0 unspecified atom stereocenters. The minimum absolute atomic E-state index is 0.420. The van der Waals surface area contributed by atoms with Crippen LogP contribution in [0.4, 0.5) is 0 Å². The van der Waals surface area contributed by atoms with Gasteiger partial charge in [-0.2, -0.15) is 5.26 Å². The van der Waals surface area contributed by atoms with Gasteiger partial charge in [-0.15, -0.1) is 0 Å². The van der Waals surface area contributed by atoms with Crippen LogP contribution in [0.1, 0.15) is 24.2 Å². The Morgan fingerprint density at radius 1 is 1.25 bits per heavy atom. The molecule has 102 valence electrons. The third-order valence-electron chi connectivity index (χ3n) is 2.71. The molecule has 0 aliphatic rings. The zero-order chi connectivity index (χ0) is 14.7. The van der Waals surface area contributed by atoms with Crippen LogP contribution in [-0.4, -0.2) is 5.11 Å². The van der Waals surface area contributed by atoms with E-state index in [1.54, 1.807) is 43.3 Å². The first-order valence-corrected chi connectivity index (χ1v) is 7.03. The number of hydrogen-bond acceptors (Lipinski definition) is 3. The Morgan fingerprint density at radius 2 is 2.00 bits per heavy atom. The van der Waals surface area contributed by atoms with Gasteiger partial charge in [0.05, 0.1) is 22.8 Å². The Kier molecular flexibility index (Phi) is 4.66. The molecule has 0 aliphatic heterocycles. The topological polar surface area (TPSA) is 53.2 Å². The van der Waals surface area contributed by atoms with Crippen molar-refractivity contribution in [1.82, 2.24) is 0 Å². The van der Waals surface area contributed by atoms with Gasteiger partial charge in [0.25, 0.3) is 0 Å². The van der Waals surface area contributed by atoms with E-state index in [1.165, 1.54) is 0 Å². The van der Waals surface area contributed by atoms with Crippen molar-refractivity contribution in [2.45, 2.75) is 13.0 Å². The number of rotatable bonds is 3. The summed E-state index contributed by atoms with van der Waals surface area (Å²) in [6.07, 6.45) is -0.702. The maximum absolute atomic E-state index is 9.76. The molecular formula is C15H11BrClNO2. The average Bonchev–Trinajstić information content (AvgIpc) is 2.41. The SMILES string of the molecule is C[C@@H](O)c1ccc(C#N)cc1Oc1ccc(Br)cc1Cl. The molecule has 0 saturated carbocycles. The third kappa shape index (κ3) is 3.31. The Hall–Kier alpha value is -1.54. The monoisotopic (exact) mass is 351 g/mol. The van der Waals surface area contributed by atoms with Gasteiger partial charge in [0.1, 0.15) is 11.5 Å². The van der Waals surface area contributed by atoms with Crippen molar-refractivity contribution in [1.29, 1.82) is 5.26 Å². The Morgan fingerprint density at radius 3 is 2.60 bits per heavy atom. The second-order valence-electron chi connectivity index (χ2n) is 4.22. The number of benzene rings is 2. The molecule has 3 nitrogen and oxygen atoms in total. The lowest BCUT2D eigenvalue weighted by Gasteiger charge is -2.14. The zero-order valence-corrected chi connectivity index (χ0v) is 12.9. The predicted molar refractivity (Wildman–Crippen MR) is 81.0 cm³/mol. The van der Waals surface area contributed by atoms with E-state index in [4.69, 9.17) is 21.6 Å². The number of aliphatic hydroxyl groups excluding tert-OH is 1. The van der Waals surface area contributed by atoms with Crippen LogP contribution in [0.3, 0.4) is 0 Å². The van der Waals surface area contributed by atoms with Crippen LogP contribution < -0.4 is 4.74 Å². The summed E-state index contributed by atoms with van der Waals surface area (Å²) in [7, 11) is 0. The van der Waals surface area contributed by atoms with Crippen molar-refractivity contribution in [2.24, 2.45) is 0 Å². The smallest absolute Gasteiger partial charge is 0.146 e. The molecule has 2 aromatic rings. The first-order valence-electron chi connectivity index (χ1n) is 5.86. The maximum atomic E-state index is 9.76. The second kappa shape index (κ2) is 6.27. The molecule has 2 rings (SSSR count). The van der Waals surface area contributed by atoms with Crippen LogP contribution >= 0.6 is 27.5 Å². The average molecular weight is 353 g/mol. The van der Waals surface area contributed by atoms with E-state index in [0.717, 1.165) is 4.47 Å². The van der Waals surface area contributed by atoms with Crippen molar-refractivity contribution < 1.29 is 9.84 Å². The third-order valence-corrected chi connectivity index (χ3v) is 3.50. The van der Waals surface area contributed by atoms with Gasteiger partial charge in [0.15, 0.2) is 0 Å². The summed E-state index contributed by atoms with van der Waals surface area (Å²) < 4.78 is 6.58. The van der Waals surface area contributed by atoms with Crippen molar-refractivity contribution in [3.8, 4) is 17.6 Å². The number of halogens is 2. The Bertz CT molecular complexity index is 680. The number of nitrogens with zero attached hydrogens (tertiary/aromatic N) is 1. The summed E-state index contributed by atoms with van der Waals surface area (Å²) in [5.74, 6) is 0.884. The van der Waals surface area contributed by atoms with E-state index in [0.29, 0.717) is 27.6 Å². The van der Waals surface area contributed by atoms with Crippen LogP contribution in [-0.2, 0) is 0 Å². The number of hydrogen-bond donors (Lipinski definition) is 1. The summed E-state index contributed by atoms with van der Waals surface area (Å²) in [5, 5.41) is 19.1. The molecule has 0 radical (unpaired) electrons. The first-order chi connectivity index (χ1) is 9.51. The summed E-state index contributed by atoms with van der Waals surface area (Å²) in [5.41, 5.74) is 1.06. The minimum atomic E-state index is -0.702. The molecule has 0 spiro atoms. The van der Waals surface area contributed by atoms with Gasteiger partial charge in [-0.05, 0) is 37.3 Å². The number of ether oxygens (including phenoxy) is 1. The van der Waals surface area contributed by atoms with Crippen LogP contribution in [0, 0.1) is 11.3 Å². The fourth-order valence-corrected chi connectivity index (χ4v) is 2.43. The molecule has 5 heteroatoms. The predicted octanol–water partition coefficient (Wildman–Crippen LogP) is 4.82. The normalized spacial score (nSPS) is 11.8. The quantitative estimate of drug-likeness (QED) is 0.861. The Labute approximate surface area is 130 Å². The summed E-state index contributed by atoms with van der Waals surface area (Å²) in [4.78, 5) is 0. The van der Waals surface area contributed by atoms with Gasteiger partial charge in [-0.1, -0.05) is 33.6 Å². The highest BCUT2D eigenvalue weighted by Crippen LogP contribution is 2.35. The molecule has 0 amide bonds. The lowest BCUT2D eigenvalue weighted by molar-refractivity contribution is 0.195. The van der Waals surface area contributed by atoms with Crippen LogP contribution in [0.5, 0.6) is 11.5 Å². The zero-order valence-electron chi connectivity index (χ0n) is 10.6. The van der Waals surface area contributed by atoms with E-state index in [1.807, 2.05) is 6.07 Å². The second-order valence-corrected chi connectivity index (χ2v) is 5.54. The molecule has 0 aromatic heterocycles. The molecular weight excluding hydrogens is 342 g/mol. The molecule has 20 heavy (non-hydrogen) atoms. The van der Waals surface area contributed by atoms with E-state index in [9.17, 15) is 5.11 Å². The highest BCUT2D eigenvalue weighted by Gasteiger charge is 2.13. The number of aliphatic hydroxyl groups is 1. The molecule has 0 saturated heterocycles. The lowest BCUT2D eigenvalue weighted by atomic mass is 10.1. The van der Waals surface area contributed by atoms with Crippen LogP contribution in [0.25, 0.3) is 0 Å². The largest absolute Gasteiger partial charge is 0.455 e. The lowest BCUT2D eigenvalue weighted by Crippen LogP contribution is -1.97. The van der Waals surface area contributed by atoms with Gasteiger partial charge in [-0.3, -0.25) is 0 Å². The standard InChI is InChI=1S/C15H11BrClNO2/c1-9(19)12-4-2-10(8-18)6-15(12)20-14-5-3-11(16)7-13(14)17/h2-7,9,19H,1H3/t9-/m1/s1. The molecule has 1 N–H and O–H groups in total. The van der Waals surface area contributed by atoms with E-state index in [-0.39, 0.29) is 0 Å². The van der Waals surface area contributed by atoms with E-state index < -0.39 is 6.10 Å². The Balaban J connectivity index is 2.43. The van der Waals surface area contributed by atoms with Gasteiger partial charge in [0, 0.05) is 10.0 Å². The van der Waals surface area contributed by atoms with Gasteiger partial charge in [0.2, 0.25) is 0 Å². The van der Waals surface area contributed by atoms with Crippen LogP contribution in [0.2, 0.25) is 5.02 Å². The van der Waals surface area contributed by atoms with Gasteiger partial charge < -0.3 is 9.84 Å².